The predicted octanol–water partition coefficient (Wildman–Crippen LogP) is 2.00. The second-order valence-corrected chi connectivity index (χ2v) is 3.91. The Kier molecular flexibility index (Phi) is 2.54. The number of hydrogen-bond acceptors (Lipinski definition) is 3. The van der Waals surface area contributed by atoms with E-state index in [1.807, 2.05) is 0 Å². The van der Waals surface area contributed by atoms with E-state index in [0.717, 1.165) is 0 Å². The minimum absolute atomic E-state index is 0.114. The molecule has 0 aliphatic carbocycles. The van der Waals surface area contributed by atoms with Crippen molar-refractivity contribution in [2.24, 2.45) is 10.8 Å². The van der Waals surface area contributed by atoms with Crippen LogP contribution in [0.2, 0.25) is 10.0 Å². The van der Waals surface area contributed by atoms with Crippen LogP contribution in [0.1, 0.15) is 6.42 Å². The standard InChI is InChI=1S/C9H7Cl2N3O/c10-5-1-2-6(11)7(3-5)14-9(15)4-8(12)13-14/h1-3H,4H2,(H2,12,13). The van der Waals surface area contributed by atoms with E-state index in [9.17, 15) is 4.79 Å². The molecule has 1 amide bonds. The van der Waals surface area contributed by atoms with Gasteiger partial charge >= 0.3 is 0 Å². The fourth-order valence-corrected chi connectivity index (χ4v) is 1.65. The van der Waals surface area contributed by atoms with Gasteiger partial charge in [0, 0.05) is 5.02 Å². The Morgan fingerprint density at radius 1 is 1.40 bits per heavy atom. The normalized spacial score (nSPS) is 15.7. The van der Waals surface area contributed by atoms with Gasteiger partial charge in [-0.05, 0) is 18.2 Å². The topological polar surface area (TPSA) is 58.7 Å². The number of hydrogen-bond donors (Lipinski definition) is 1. The lowest BCUT2D eigenvalue weighted by Crippen LogP contribution is -2.19. The first-order valence-electron chi connectivity index (χ1n) is 4.19. The van der Waals surface area contributed by atoms with Gasteiger partial charge in [0.1, 0.15) is 5.84 Å². The Morgan fingerprint density at radius 3 is 2.73 bits per heavy atom. The van der Waals surface area contributed by atoms with E-state index < -0.39 is 0 Å². The van der Waals surface area contributed by atoms with Crippen LogP contribution in [0.5, 0.6) is 0 Å². The third kappa shape index (κ3) is 1.91. The van der Waals surface area contributed by atoms with E-state index >= 15 is 0 Å². The largest absolute Gasteiger partial charge is 0.385 e. The van der Waals surface area contributed by atoms with E-state index in [4.69, 9.17) is 28.9 Å². The molecular formula is C9H7Cl2N3O. The zero-order valence-corrected chi connectivity index (χ0v) is 9.09. The van der Waals surface area contributed by atoms with E-state index in [1.165, 1.54) is 5.01 Å². The molecule has 6 heteroatoms. The van der Waals surface area contributed by atoms with Gasteiger partial charge in [-0.1, -0.05) is 23.2 Å². The molecule has 2 N–H and O–H groups in total. The summed E-state index contributed by atoms with van der Waals surface area (Å²) in [5.41, 5.74) is 5.91. The summed E-state index contributed by atoms with van der Waals surface area (Å²) < 4.78 is 0. The molecular weight excluding hydrogens is 237 g/mol. The molecule has 4 nitrogen and oxygen atoms in total. The second kappa shape index (κ2) is 3.72. The number of hydrazone groups is 1. The van der Waals surface area contributed by atoms with E-state index in [-0.39, 0.29) is 18.2 Å². The van der Waals surface area contributed by atoms with Crippen LogP contribution in [-0.4, -0.2) is 11.7 Å². The number of anilines is 1. The number of halogens is 2. The Morgan fingerprint density at radius 2 is 2.13 bits per heavy atom. The number of carbonyl (C=O) groups excluding carboxylic acids is 1. The molecule has 0 atom stereocenters. The lowest BCUT2D eigenvalue weighted by atomic mass is 10.3. The van der Waals surface area contributed by atoms with Gasteiger partial charge in [-0.2, -0.15) is 10.1 Å². The minimum atomic E-state index is -0.211. The summed E-state index contributed by atoms with van der Waals surface area (Å²) in [5.74, 6) is 0.0627. The molecule has 1 heterocycles. The second-order valence-electron chi connectivity index (χ2n) is 3.07. The molecule has 1 aromatic carbocycles. The maximum absolute atomic E-state index is 11.5. The molecule has 1 aromatic rings. The minimum Gasteiger partial charge on any atom is -0.385 e. The third-order valence-corrected chi connectivity index (χ3v) is 2.49. The number of benzene rings is 1. The predicted molar refractivity (Wildman–Crippen MR) is 60.2 cm³/mol. The van der Waals surface area contributed by atoms with Crippen molar-refractivity contribution < 1.29 is 4.79 Å². The van der Waals surface area contributed by atoms with E-state index in [1.54, 1.807) is 18.2 Å². The Bertz CT molecular complexity index is 459. The SMILES string of the molecule is NC1=NN(c2cc(Cl)ccc2Cl)C(=O)C1. The van der Waals surface area contributed by atoms with Gasteiger partial charge in [-0.3, -0.25) is 4.79 Å². The number of rotatable bonds is 1. The van der Waals surface area contributed by atoms with Crippen molar-refractivity contribution in [3.63, 3.8) is 0 Å². The van der Waals surface area contributed by atoms with Crippen molar-refractivity contribution in [2.45, 2.75) is 6.42 Å². The summed E-state index contributed by atoms with van der Waals surface area (Å²) in [6.45, 7) is 0. The Balaban J connectivity index is 2.45. The van der Waals surface area contributed by atoms with Crippen LogP contribution in [0.3, 0.4) is 0 Å². The molecule has 2 rings (SSSR count). The number of amidine groups is 1. The molecule has 1 aliphatic rings. The molecule has 0 radical (unpaired) electrons. The molecule has 0 saturated carbocycles. The van der Waals surface area contributed by atoms with Crippen LogP contribution in [0, 0.1) is 0 Å². The number of carbonyl (C=O) groups is 1. The third-order valence-electron chi connectivity index (χ3n) is 1.93. The fourth-order valence-electron chi connectivity index (χ4n) is 1.29. The van der Waals surface area contributed by atoms with E-state index in [2.05, 4.69) is 5.10 Å². The number of nitrogens with two attached hydrogens (primary N) is 1. The van der Waals surface area contributed by atoms with Gasteiger partial charge in [0.15, 0.2) is 0 Å². The molecule has 0 fully saturated rings. The van der Waals surface area contributed by atoms with Crippen LogP contribution < -0.4 is 10.7 Å². The first kappa shape index (κ1) is 10.3. The van der Waals surface area contributed by atoms with Gasteiger partial charge < -0.3 is 5.73 Å². The molecule has 78 valence electrons. The summed E-state index contributed by atoms with van der Waals surface area (Å²) in [5, 5.41) is 5.94. The Hall–Kier alpha value is -1.26. The molecule has 0 unspecified atom stereocenters. The highest BCUT2D eigenvalue weighted by Gasteiger charge is 2.25. The lowest BCUT2D eigenvalue weighted by molar-refractivity contribution is -0.116. The summed E-state index contributed by atoms with van der Waals surface area (Å²) >= 11 is 11.7. The smallest absolute Gasteiger partial charge is 0.255 e. The van der Waals surface area contributed by atoms with Gasteiger partial charge in [-0.25, -0.2) is 0 Å². The van der Waals surface area contributed by atoms with Crippen molar-refractivity contribution in [1.82, 2.24) is 0 Å². The Labute approximate surface area is 96.3 Å². The van der Waals surface area contributed by atoms with Crippen molar-refractivity contribution in [1.29, 1.82) is 0 Å². The molecule has 15 heavy (non-hydrogen) atoms. The summed E-state index contributed by atoms with van der Waals surface area (Å²) in [4.78, 5) is 11.5. The summed E-state index contributed by atoms with van der Waals surface area (Å²) in [6.07, 6.45) is 0.114. The highest BCUT2D eigenvalue weighted by molar-refractivity contribution is 6.36. The maximum atomic E-state index is 11.5. The average Bonchev–Trinajstić information content (AvgIpc) is 2.50. The van der Waals surface area contributed by atoms with Crippen molar-refractivity contribution in [2.75, 3.05) is 5.01 Å². The number of amides is 1. The van der Waals surface area contributed by atoms with Gasteiger partial charge in [-0.15, -0.1) is 0 Å². The highest BCUT2D eigenvalue weighted by Crippen LogP contribution is 2.31. The zero-order chi connectivity index (χ0) is 11.0. The van der Waals surface area contributed by atoms with Crippen LogP contribution in [-0.2, 0) is 4.79 Å². The average molecular weight is 244 g/mol. The van der Waals surface area contributed by atoms with Gasteiger partial charge in [0.25, 0.3) is 5.91 Å². The molecule has 0 aromatic heterocycles. The molecule has 0 bridgehead atoms. The van der Waals surface area contributed by atoms with Crippen molar-refractivity contribution in [3.8, 4) is 0 Å². The molecule has 0 spiro atoms. The van der Waals surface area contributed by atoms with Crippen LogP contribution >= 0.6 is 23.2 Å². The van der Waals surface area contributed by atoms with Gasteiger partial charge in [0.05, 0.1) is 17.1 Å². The first-order valence-corrected chi connectivity index (χ1v) is 4.94. The lowest BCUT2D eigenvalue weighted by Gasteiger charge is -2.13. The van der Waals surface area contributed by atoms with Crippen molar-refractivity contribution >= 4 is 40.6 Å². The number of nitrogens with zero attached hydrogens (tertiary/aromatic N) is 2. The fraction of sp³-hybridized carbons (Fsp3) is 0.111. The van der Waals surface area contributed by atoms with Crippen LogP contribution in [0.25, 0.3) is 0 Å². The van der Waals surface area contributed by atoms with Crippen molar-refractivity contribution in [3.05, 3.63) is 28.2 Å². The zero-order valence-electron chi connectivity index (χ0n) is 7.58. The van der Waals surface area contributed by atoms with Crippen LogP contribution in [0.15, 0.2) is 23.3 Å². The summed E-state index contributed by atoms with van der Waals surface area (Å²) in [7, 11) is 0. The first-order chi connectivity index (χ1) is 7.08. The summed E-state index contributed by atoms with van der Waals surface area (Å²) in [6, 6.07) is 4.82. The molecule has 0 saturated heterocycles. The quantitative estimate of drug-likeness (QED) is 0.821. The highest BCUT2D eigenvalue weighted by atomic mass is 35.5. The van der Waals surface area contributed by atoms with E-state index in [0.29, 0.717) is 15.7 Å². The molecule has 1 aliphatic heterocycles. The maximum Gasteiger partial charge on any atom is 0.255 e. The van der Waals surface area contributed by atoms with Gasteiger partial charge in [0.2, 0.25) is 0 Å². The van der Waals surface area contributed by atoms with Crippen LogP contribution in [0.4, 0.5) is 5.69 Å². The monoisotopic (exact) mass is 243 g/mol.